The molecule has 29 heavy (non-hydrogen) atoms. The summed E-state index contributed by atoms with van der Waals surface area (Å²) in [4.78, 5) is 18.9. The number of carbonyl (C=O) groups is 1. The van der Waals surface area contributed by atoms with Gasteiger partial charge in [0.15, 0.2) is 0 Å². The SMILES string of the molecule is CCCCCCCCCCCCCCCCCCNC(=O)[C@@H](N)Cc1cnc[nH]1. The number of aromatic amines is 1. The molecule has 0 aliphatic carbocycles. The molecule has 0 fully saturated rings. The van der Waals surface area contributed by atoms with Crippen LogP contribution in [-0.4, -0.2) is 28.5 Å². The van der Waals surface area contributed by atoms with Crippen molar-refractivity contribution in [1.29, 1.82) is 0 Å². The summed E-state index contributed by atoms with van der Waals surface area (Å²) >= 11 is 0. The lowest BCUT2D eigenvalue weighted by atomic mass is 10.0. The first-order chi connectivity index (χ1) is 14.2. The van der Waals surface area contributed by atoms with Crippen LogP contribution >= 0.6 is 0 Å². The number of nitrogens with two attached hydrogens (primary N) is 1. The number of rotatable bonds is 20. The largest absolute Gasteiger partial charge is 0.355 e. The summed E-state index contributed by atoms with van der Waals surface area (Å²) in [5.41, 5.74) is 6.82. The highest BCUT2D eigenvalue weighted by Crippen LogP contribution is 2.13. The fourth-order valence-electron chi connectivity index (χ4n) is 3.74. The van der Waals surface area contributed by atoms with Crippen molar-refractivity contribution in [3.8, 4) is 0 Å². The molecule has 0 aromatic carbocycles. The molecule has 168 valence electrons. The summed E-state index contributed by atoms with van der Waals surface area (Å²) in [6, 6.07) is -0.503. The van der Waals surface area contributed by atoms with Crippen molar-refractivity contribution in [2.45, 2.75) is 122 Å². The van der Waals surface area contributed by atoms with Crippen molar-refractivity contribution < 1.29 is 4.79 Å². The monoisotopic (exact) mass is 406 g/mol. The molecule has 1 aromatic rings. The fourth-order valence-corrected chi connectivity index (χ4v) is 3.74. The fraction of sp³-hybridized carbons (Fsp3) is 0.833. The Hall–Kier alpha value is -1.36. The van der Waals surface area contributed by atoms with Crippen LogP contribution in [0.5, 0.6) is 0 Å². The molecule has 1 amide bonds. The molecule has 5 heteroatoms. The molecule has 0 radical (unpaired) electrons. The predicted molar refractivity (Wildman–Crippen MR) is 123 cm³/mol. The molecule has 0 bridgehead atoms. The highest BCUT2D eigenvalue weighted by Gasteiger charge is 2.13. The van der Waals surface area contributed by atoms with Crippen molar-refractivity contribution in [2.75, 3.05) is 6.54 Å². The van der Waals surface area contributed by atoms with E-state index >= 15 is 0 Å². The van der Waals surface area contributed by atoms with E-state index in [9.17, 15) is 4.79 Å². The van der Waals surface area contributed by atoms with Crippen LogP contribution < -0.4 is 11.1 Å². The normalized spacial score (nSPS) is 12.2. The first-order valence-corrected chi connectivity index (χ1v) is 12.2. The van der Waals surface area contributed by atoms with Gasteiger partial charge in [0.25, 0.3) is 0 Å². The second-order valence-corrected chi connectivity index (χ2v) is 8.48. The average molecular weight is 407 g/mol. The van der Waals surface area contributed by atoms with E-state index in [1.807, 2.05) is 0 Å². The van der Waals surface area contributed by atoms with Gasteiger partial charge in [-0.1, -0.05) is 103 Å². The van der Waals surface area contributed by atoms with Crippen LogP contribution in [-0.2, 0) is 11.2 Å². The van der Waals surface area contributed by atoms with Gasteiger partial charge in [-0.15, -0.1) is 0 Å². The molecule has 5 nitrogen and oxygen atoms in total. The summed E-state index contributed by atoms with van der Waals surface area (Å²) in [7, 11) is 0. The molecular weight excluding hydrogens is 360 g/mol. The van der Waals surface area contributed by atoms with Gasteiger partial charge in [0.05, 0.1) is 12.4 Å². The minimum absolute atomic E-state index is 0.0689. The summed E-state index contributed by atoms with van der Waals surface area (Å²) in [5, 5.41) is 2.95. The lowest BCUT2D eigenvalue weighted by molar-refractivity contribution is -0.122. The smallest absolute Gasteiger partial charge is 0.237 e. The quantitative estimate of drug-likeness (QED) is 0.244. The highest BCUT2D eigenvalue weighted by molar-refractivity contribution is 5.81. The van der Waals surface area contributed by atoms with Crippen LogP contribution in [0.15, 0.2) is 12.5 Å². The van der Waals surface area contributed by atoms with E-state index in [1.165, 1.54) is 96.3 Å². The van der Waals surface area contributed by atoms with Crippen LogP contribution in [0, 0.1) is 0 Å². The van der Waals surface area contributed by atoms with Gasteiger partial charge in [-0.2, -0.15) is 0 Å². The molecule has 0 saturated heterocycles. The maximum Gasteiger partial charge on any atom is 0.237 e. The van der Waals surface area contributed by atoms with Gasteiger partial charge in [-0.3, -0.25) is 4.79 Å². The molecule has 0 spiro atoms. The first-order valence-electron chi connectivity index (χ1n) is 12.2. The zero-order valence-corrected chi connectivity index (χ0v) is 18.9. The number of nitrogens with zero attached hydrogens (tertiary/aromatic N) is 1. The van der Waals surface area contributed by atoms with E-state index < -0.39 is 6.04 Å². The lowest BCUT2D eigenvalue weighted by Crippen LogP contribution is -2.42. The molecule has 1 rings (SSSR count). The standard InChI is InChI=1S/C24H46N4O/c1-2-3-4-5-6-7-8-9-10-11-12-13-14-15-16-17-18-27-24(29)23(25)19-22-20-26-21-28-22/h20-21,23H,2-19,25H2,1H3,(H,26,28)(H,27,29)/t23-/m0/s1. The van der Waals surface area contributed by atoms with Crippen LogP contribution in [0.25, 0.3) is 0 Å². The Kier molecular flexibility index (Phi) is 16.5. The molecular formula is C24H46N4O. The Labute approximate surface area is 179 Å². The third-order valence-corrected chi connectivity index (χ3v) is 5.66. The first kappa shape index (κ1) is 25.7. The molecule has 4 N–H and O–H groups in total. The predicted octanol–water partition coefficient (Wildman–Crippen LogP) is 5.66. The van der Waals surface area contributed by atoms with E-state index in [1.54, 1.807) is 12.5 Å². The van der Waals surface area contributed by atoms with E-state index in [4.69, 9.17) is 5.73 Å². The number of H-pyrrole nitrogens is 1. The second kappa shape index (κ2) is 18.7. The van der Waals surface area contributed by atoms with Gasteiger partial charge in [0.1, 0.15) is 0 Å². The Morgan fingerprint density at radius 2 is 1.38 bits per heavy atom. The zero-order chi connectivity index (χ0) is 21.0. The number of hydrogen-bond donors (Lipinski definition) is 3. The van der Waals surface area contributed by atoms with Gasteiger partial charge in [-0.05, 0) is 6.42 Å². The summed E-state index contributed by atoms with van der Waals surface area (Å²) in [6.45, 7) is 3.01. The maximum atomic E-state index is 12.0. The van der Waals surface area contributed by atoms with Crippen LogP contribution in [0.1, 0.15) is 115 Å². The molecule has 1 atom stereocenters. The van der Waals surface area contributed by atoms with Crippen molar-refractivity contribution in [3.05, 3.63) is 18.2 Å². The third kappa shape index (κ3) is 15.2. The molecule has 0 unspecified atom stereocenters. The number of amides is 1. The van der Waals surface area contributed by atoms with E-state index in [0.717, 1.165) is 18.7 Å². The van der Waals surface area contributed by atoms with E-state index in [-0.39, 0.29) is 5.91 Å². The Morgan fingerprint density at radius 1 is 0.897 bits per heavy atom. The van der Waals surface area contributed by atoms with Crippen LogP contribution in [0.4, 0.5) is 0 Å². The molecule has 0 aliphatic rings. The number of aromatic nitrogens is 2. The van der Waals surface area contributed by atoms with Crippen molar-refractivity contribution in [1.82, 2.24) is 15.3 Å². The van der Waals surface area contributed by atoms with Gasteiger partial charge in [-0.25, -0.2) is 4.98 Å². The van der Waals surface area contributed by atoms with Gasteiger partial charge in [0.2, 0.25) is 5.91 Å². The lowest BCUT2D eigenvalue weighted by Gasteiger charge is -2.11. The molecule has 0 saturated carbocycles. The van der Waals surface area contributed by atoms with Crippen molar-refractivity contribution in [2.24, 2.45) is 5.73 Å². The molecule has 1 heterocycles. The zero-order valence-electron chi connectivity index (χ0n) is 18.9. The Bertz CT molecular complexity index is 475. The van der Waals surface area contributed by atoms with Gasteiger partial charge < -0.3 is 16.0 Å². The minimum Gasteiger partial charge on any atom is -0.355 e. The Morgan fingerprint density at radius 3 is 1.83 bits per heavy atom. The topological polar surface area (TPSA) is 83.8 Å². The van der Waals surface area contributed by atoms with Crippen molar-refractivity contribution in [3.63, 3.8) is 0 Å². The number of imidazole rings is 1. The minimum atomic E-state index is -0.503. The number of carbonyl (C=O) groups excluding carboxylic acids is 1. The molecule has 0 aliphatic heterocycles. The summed E-state index contributed by atoms with van der Waals surface area (Å²) in [6.07, 6.45) is 25.6. The van der Waals surface area contributed by atoms with Crippen LogP contribution in [0.3, 0.4) is 0 Å². The van der Waals surface area contributed by atoms with E-state index in [2.05, 4.69) is 22.2 Å². The van der Waals surface area contributed by atoms with E-state index in [0.29, 0.717) is 6.42 Å². The van der Waals surface area contributed by atoms with Crippen LogP contribution in [0.2, 0.25) is 0 Å². The average Bonchev–Trinajstić information content (AvgIpc) is 3.23. The highest BCUT2D eigenvalue weighted by atomic mass is 16.2. The number of unbranched alkanes of at least 4 members (excludes halogenated alkanes) is 15. The summed E-state index contributed by atoms with van der Waals surface area (Å²) < 4.78 is 0. The molecule has 1 aromatic heterocycles. The number of hydrogen-bond acceptors (Lipinski definition) is 3. The second-order valence-electron chi connectivity index (χ2n) is 8.48. The Balaban J connectivity index is 1.77. The van der Waals surface area contributed by atoms with Crippen molar-refractivity contribution >= 4 is 5.91 Å². The van der Waals surface area contributed by atoms with Gasteiger partial charge >= 0.3 is 0 Å². The maximum absolute atomic E-state index is 12.0. The number of nitrogens with one attached hydrogen (secondary N) is 2. The van der Waals surface area contributed by atoms with Gasteiger partial charge in [0, 0.05) is 24.9 Å². The third-order valence-electron chi connectivity index (χ3n) is 5.66. The summed E-state index contributed by atoms with van der Waals surface area (Å²) in [5.74, 6) is -0.0689.